The molecule has 0 unspecified atom stereocenters. The van der Waals surface area contributed by atoms with Crippen LogP contribution in [-0.2, 0) is 37.1 Å². The van der Waals surface area contributed by atoms with Gasteiger partial charge in [-0.3, -0.25) is 24.6 Å². The van der Waals surface area contributed by atoms with Crippen molar-refractivity contribution in [3.8, 4) is 0 Å². The van der Waals surface area contributed by atoms with Gasteiger partial charge in [0.1, 0.15) is 19.2 Å². The molecule has 0 saturated carbocycles. The van der Waals surface area contributed by atoms with E-state index in [0.717, 1.165) is 23.3 Å². The van der Waals surface area contributed by atoms with Crippen LogP contribution < -0.4 is 16.1 Å². The lowest BCUT2D eigenvalue weighted by molar-refractivity contribution is -0.148. The maximum atomic E-state index is 12.8. The lowest BCUT2D eigenvalue weighted by atomic mass is 10.0. The summed E-state index contributed by atoms with van der Waals surface area (Å²) in [4.78, 5) is 60.9. The van der Waals surface area contributed by atoms with Gasteiger partial charge < -0.3 is 20.5 Å². The standard InChI is InChI=1S/C26H30N4O7/c1-18(2)24(28-26(36)37-17-20-11-7-4-8-12-20)25(35)29-30(16-23(33)34)22(32)14-13-21(31)27-15-19-9-5-3-6-10-19/h3-14,18,24H,15-17H2,1-2H3,(H,27,31)(H,28,36)(H,29,35)(H,33,34)/b14-13+/t24-/m0/s1. The summed E-state index contributed by atoms with van der Waals surface area (Å²) < 4.78 is 5.14. The third kappa shape index (κ3) is 10.6. The molecule has 0 aromatic heterocycles. The number of aliphatic carboxylic acids is 1. The van der Waals surface area contributed by atoms with Gasteiger partial charge in [0, 0.05) is 18.7 Å². The van der Waals surface area contributed by atoms with Crippen molar-refractivity contribution in [2.45, 2.75) is 33.0 Å². The number of hydrazine groups is 1. The van der Waals surface area contributed by atoms with Gasteiger partial charge in [-0.1, -0.05) is 74.5 Å². The molecule has 0 aliphatic heterocycles. The third-order valence-corrected chi connectivity index (χ3v) is 4.93. The predicted molar refractivity (Wildman–Crippen MR) is 133 cm³/mol. The zero-order chi connectivity index (χ0) is 27.2. The summed E-state index contributed by atoms with van der Waals surface area (Å²) in [5, 5.41) is 14.7. The highest BCUT2D eigenvalue weighted by atomic mass is 16.5. The first kappa shape index (κ1) is 28.6. The Morgan fingerprint density at radius 1 is 0.919 bits per heavy atom. The van der Waals surface area contributed by atoms with Gasteiger partial charge in [0.05, 0.1) is 0 Å². The Morgan fingerprint density at radius 2 is 1.51 bits per heavy atom. The van der Waals surface area contributed by atoms with E-state index in [0.29, 0.717) is 5.01 Å². The molecule has 4 N–H and O–H groups in total. The SMILES string of the molecule is CC(C)[C@H](NC(=O)OCc1ccccc1)C(=O)NN(CC(=O)O)C(=O)/C=C/C(=O)NCc1ccccc1. The Labute approximate surface area is 214 Å². The van der Waals surface area contributed by atoms with Crippen LogP contribution in [0, 0.1) is 5.92 Å². The number of carboxylic acid groups (broad SMARTS) is 1. The summed E-state index contributed by atoms with van der Waals surface area (Å²) in [7, 11) is 0. The number of hydrogen-bond acceptors (Lipinski definition) is 6. The molecule has 2 aromatic rings. The number of amides is 4. The molecule has 37 heavy (non-hydrogen) atoms. The van der Waals surface area contributed by atoms with Gasteiger partial charge >= 0.3 is 12.1 Å². The number of rotatable bonds is 11. The third-order valence-electron chi connectivity index (χ3n) is 4.93. The molecule has 196 valence electrons. The molecule has 11 heteroatoms. The maximum Gasteiger partial charge on any atom is 0.408 e. The molecule has 2 rings (SSSR count). The molecule has 0 aliphatic carbocycles. The molecule has 0 aliphatic rings. The summed E-state index contributed by atoms with van der Waals surface area (Å²) in [6.45, 7) is 2.66. The topological polar surface area (TPSA) is 154 Å². The number of carbonyl (C=O) groups excluding carboxylic acids is 4. The zero-order valence-corrected chi connectivity index (χ0v) is 20.5. The van der Waals surface area contributed by atoms with Crippen LogP contribution in [0.5, 0.6) is 0 Å². The van der Waals surface area contributed by atoms with E-state index < -0.39 is 48.3 Å². The van der Waals surface area contributed by atoms with Crippen molar-refractivity contribution < 1.29 is 33.8 Å². The molecule has 0 bridgehead atoms. The van der Waals surface area contributed by atoms with Crippen molar-refractivity contribution >= 4 is 29.8 Å². The molecule has 0 saturated heterocycles. The molecular formula is C26H30N4O7. The monoisotopic (exact) mass is 510 g/mol. The maximum absolute atomic E-state index is 12.8. The Morgan fingerprint density at radius 3 is 2.08 bits per heavy atom. The highest BCUT2D eigenvalue weighted by molar-refractivity contribution is 5.98. The fraction of sp³-hybridized carbons (Fsp3) is 0.269. The Kier molecular flexibility index (Phi) is 11.3. The van der Waals surface area contributed by atoms with Crippen molar-refractivity contribution in [3.63, 3.8) is 0 Å². The molecule has 11 nitrogen and oxygen atoms in total. The first-order valence-corrected chi connectivity index (χ1v) is 11.5. The first-order valence-electron chi connectivity index (χ1n) is 11.5. The lowest BCUT2D eigenvalue weighted by Gasteiger charge is -2.26. The second-order valence-electron chi connectivity index (χ2n) is 8.26. The first-order chi connectivity index (χ1) is 17.7. The van der Waals surface area contributed by atoms with Crippen LogP contribution in [0.4, 0.5) is 4.79 Å². The number of nitrogens with zero attached hydrogens (tertiary/aromatic N) is 1. The molecule has 0 fully saturated rings. The second kappa shape index (κ2) is 14.7. The van der Waals surface area contributed by atoms with E-state index in [9.17, 15) is 24.0 Å². The van der Waals surface area contributed by atoms with Crippen molar-refractivity contribution in [2.24, 2.45) is 5.92 Å². The lowest BCUT2D eigenvalue weighted by Crippen LogP contribution is -2.56. The minimum absolute atomic E-state index is 0.0140. The molecule has 2 aromatic carbocycles. The predicted octanol–water partition coefficient (Wildman–Crippen LogP) is 1.75. The highest BCUT2D eigenvalue weighted by Crippen LogP contribution is 2.05. The fourth-order valence-electron chi connectivity index (χ4n) is 3.02. The van der Waals surface area contributed by atoms with E-state index in [-0.39, 0.29) is 13.2 Å². The van der Waals surface area contributed by atoms with Gasteiger partial charge in [-0.05, 0) is 17.0 Å². The van der Waals surface area contributed by atoms with E-state index in [1.165, 1.54) is 0 Å². The van der Waals surface area contributed by atoms with Crippen LogP contribution in [0.3, 0.4) is 0 Å². The van der Waals surface area contributed by atoms with Gasteiger partial charge in [0.2, 0.25) is 5.91 Å². The number of hydrogen-bond donors (Lipinski definition) is 4. The average molecular weight is 511 g/mol. The van der Waals surface area contributed by atoms with Gasteiger partial charge in [-0.25, -0.2) is 9.80 Å². The van der Waals surface area contributed by atoms with Gasteiger partial charge in [-0.2, -0.15) is 0 Å². The summed E-state index contributed by atoms with van der Waals surface area (Å²) in [6.07, 6.45) is 0.921. The highest BCUT2D eigenvalue weighted by Gasteiger charge is 2.28. The van der Waals surface area contributed by atoms with E-state index >= 15 is 0 Å². The Hall–Kier alpha value is -4.67. The minimum Gasteiger partial charge on any atom is -0.480 e. The van der Waals surface area contributed by atoms with Crippen LogP contribution in [0.25, 0.3) is 0 Å². The summed E-state index contributed by atoms with van der Waals surface area (Å²) >= 11 is 0. The molecule has 1 atom stereocenters. The van der Waals surface area contributed by atoms with Gasteiger partial charge in [0.15, 0.2) is 0 Å². The average Bonchev–Trinajstić information content (AvgIpc) is 2.88. The smallest absolute Gasteiger partial charge is 0.408 e. The largest absolute Gasteiger partial charge is 0.480 e. The number of ether oxygens (including phenoxy) is 1. The van der Waals surface area contributed by atoms with Crippen molar-refractivity contribution in [1.29, 1.82) is 0 Å². The van der Waals surface area contributed by atoms with Crippen LogP contribution in [0.2, 0.25) is 0 Å². The summed E-state index contributed by atoms with van der Waals surface area (Å²) in [5.74, 6) is -4.18. The number of nitrogens with one attached hydrogen (secondary N) is 3. The number of benzene rings is 2. The summed E-state index contributed by atoms with van der Waals surface area (Å²) in [5.41, 5.74) is 3.80. The van der Waals surface area contributed by atoms with Crippen molar-refractivity contribution in [2.75, 3.05) is 6.54 Å². The van der Waals surface area contributed by atoms with E-state index in [1.807, 2.05) is 36.4 Å². The normalized spacial score (nSPS) is 11.4. The number of alkyl carbamates (subject to hydrolysis) is 1. The quantitative estimate of drug-likeness (QED) is 0.265. The number of carboxylic acids is 1. The van der Waals surface area contributed by atoms with E-state index in [4.69, 9.17) is 9.84 Å². The van der Waals surface area contributed by atoms with E-state index in [2.05, 4.69) is 16.1 Å². The van der Waals surface area contributed by atoms with Crippen molar-refractivity contribution in [3.05, 3.63) is 83.9 Å². The van der Waals surface area contributed by atoms with Gasteiger partial charge in [0.25, 0.3) is 11.8 Å². The van der Waals surface area contributed by atoms with Crippen LogP contribution in [0.1, 0.15) is 25.0 Å². The van der Waals surface area contributed by atoms with Crippen LogP contribution >= 0.6 is 0 Å². The molecule has 0 heterocycles. The fourth-order valence-corrected chi connectivity index (χ4v) is 3.02. The minimum atomic E-state index is -1.40. The van der Waals surface area contributed by atoms with Crippen molar-refractivity contribution in [1.82, 2.24) is 21.1 Å². The zero-order valence-electron chi connectivity index (χ0n) is 20.5. The Balaban J connectivity index is 1.96. The molecular weight excluding hydrogens is 480 g/mol. The summed E-state index contributed by atoms with van der Waals surface area (Å²) in [6, 6.07) is 16.9. The molecule has 4 amide bonds. The van der Waals surface area contributed by atoms with E-state index in [1.54, 1.807) is 38.1 Å². The van der Waals surface area contributed by atoms with Gasteiger partial charge in [-0.15, -0.1) is 0 Å². The molecule has 0 radical (unpaired) electrons. The van der Waals surface area contributed by atoms with Crippen LogP contribution in [-0.4, -0.2) is 52.5 Å². The second-order valence-corrected chi connectivity index (χ2v) is 8.26. The molecule has 0 spiro atoms. The Bertz CT molecular complexity index is 1100. The van der Waals surface area contributed by atoms with Crippen LogP contribution in [0.15, 0.2) is 72.8 Å². The number of carbonyl (C=O) groups is 5.